The van der Waals surface area contributed by atoms with E-state index in [0.29, 0.717) is 4.99 Å². The van der Waals surface area contributed by atoms with Gasteiger partial charge in [0, 0.05) is 5.69 Å². The molecule has 19 heavy (non-hydrogen) atoms. The highest BCUT2D eigenvalue weighted by Crippen LogP contribution is 2.09. The summed E-state index contributed by atoms with van der Waals surface area (Å²) in [4.78, 5) is 0.696. The molecule has 0 heterocycles. The monoisotopic (exact) mass is 270 g/mol. The number of hydrogen-bond donors (Lipinski definition) is 2. The minimum absolute atomic E-state index is 0.115. The van der Waals surface area contributed by atoms with E-state index < -0.39 is 0 Å². The highest BCUT2D eigenvalue weighted by molar-refractivity contribution is 7.80. The molecule has 2 rings (SSSR count). The summed E-state index contributed by atoms with van der Waals surface area (Å²) in [7, 11) is 0. The fraction of sp³-hybridized carbons (Fsp3) is 0.188. The molecule has 2 nitrogen and oxygen atoms in total. The second kappa shape index (κ2) is 7.02. The fourth-order valence-corrected chi connectivity index (χ4v) is 2.09. The Hall–Kier alpha value is -1.71. The molecule has 1 atom stereocenters. The summed E-state index contributed by atoms with van der Waals surface area (Å²) >= 11 is 5.34. The molecule has 0 aliphatic heterocycles. The first-order chi connectivity index (χ1) is 9.25. The summed E-state index contributed by atoms with van der Waals surface area (Å²) in [6.07, 6.45) is 1.79. The Morgan fingerprint density at radius 1 is 1.00 bits per heavy atom. The van der Waals surface area contributed by atoms with Crippen molar-refractivity contribution in [3.63, 3.8) is 0 Å². The van der Waals surface area contributed by atoms with E-state index in [-0.39, 0.29) is 6.04 Å². The van der Waals surface area contributed by atoms with E-state index in [1.807, 2.05) is 48.5 Å². The quantitative estimate of drug-likeness (QED) is 0.818. The highest BCUT2D eigenvalue weighted by Gasteiger charge is 2.09. The lowest BCUT2D eigenvalue weighted by atomic mass is 10.1. The van der Waals surface area contributed by atoms with Crippen molar-refractivity contribution < 1.29 is 0 Å². The van der Waals surface area contributed by atoms with Crippen LogP contribution in [-0.2, 0) is 6.42 Å². The zero-order chi connectivity index (χ0) is 13.5. The Labute approximate surface area is 119 Å². The fourth-order valence-electron chi connectivity index (χ4n) is 1.85. The Balaban J connectivity index is 1.83. The molecule has 3 N–H and O–H groups in total. The van der Waals surface area contributed by atoms with E-state index in [4.69, 9.17) is 18.0 Å². The number of nitrogens with two attached hydrogens (primary N) is 1. The first-order valence-electron chi connectivity index (χ1n) is 6.41. The lowest BCUT2D eigenvalue weighted by Gasteiger charge is -2.15. The van der Waals surface area contributed by atoms with Crippen molar-refractivity contribution in [3.05, 3.63) is 66.2 Å². The smallest absolute Gasteiger partial charge is 0.0967 e. The third-order valence-corrected chi connectivity index (χ3v) is 3.37. The highest BCUT2D eigenvalue weighted by atomic mass is 32.1. The number of aryl methyl sites for hydroxylation is 1. The van der Waals surface area contributed by atoms with Crippen LogP contribution in [0.15, 0.2) is 60.7 Å². The molecule has 3 heteroatoms. The molecule has 0 fully saturated rings. The van der Waals surface area contributed by atoms with E-state index in [1.54, 1.807) is 0 Å². The topological polar surface area (TPSA) is 38.0 Å². The van der Waals surface area contributed by atoms with Crippen molar-refractivity contribution in [1.82, 2.24) is 0 Å². The van der Waals surface area contributed by atoms with Crippen molar-refractivity contribution in [2.24, 2.45) is 5.73 Å². The van der Waals surface area contributed by atoms with Crippen LogP contribution in [-0.4, -0.2) is 11.0 Å². The van der Waals surface area contributed by atoms with E-state index in [2.05, 4.69) is 17.4 Å². The van der Waals surface area contributed by atoms with Crippen LogP contribution in [0.4, 0.5) is 5.69 Å². The standard InChI is InChI=1S/C16H18N2S/c17-15(12-11-13-7-3-1-4-8-13)16(19)18-14-9-5-2-6-10-14/h1-10,15H,11-12,17H2,(H,18,19). The largest absolute Gasteiger partial charge is 0.349 e. The third kappa shape index (κ3) is 4.47. The summed E-state index contributed by atoms with van der Waals surface area (Å²) in [6, 6.07) is 20.1. The maximum absolute atomic E-state index is 6.11. The van der Waals surface area contributed by atoms with Gasteiger partial charge in [0.1, 0.15) is 0 Å². The molecule has 0 aliphatic carbocycles. The zero-order valence-electron chi connectivity index (χ0n) is 10.8. The van der Waals surface area contributed by atoms with Gasteiger partial charge in [-0.25, -0.2) is 0 Å². The number of para-hydroxylation sites is 1. The molecule has 2 aromatic carbocycles. The average molecular weight is 270 g/mol. The Kier molecular flexibility index (Phi) is 5.07. The number of nitrogens with one attached hydrogen (secondary N) is 1. The Bertz CT molecular complexity index is 511. The average Bonchev–Trinajstić information content (AvgIpc) is 2.47. The van der Waals surface area contributed by atoms with Gasteiger partial charge in [-0.15, -0.1) is 0 Å². The maximum atomic E-state index is 6.11. The van der Waals surface area contributed by atoms with Crippen molar-refractivity contribution in [3.8, 4) is 0 Å². The van der Waals surface area contributed by atoms with Gasteiger partial charge in [0.25, 0.3) is 0 Å². The molecule has 0 saturated heterocycles. The number of anilines is 1. The van der Waals surface area contributed by atoms with Gasteiger partial charge in [-0.3, -0.25) is 0 Å². The Morgan fingerprint density at radius 3 is 2.21 bits per heavy atom. The maximum Gasteiger partial charge on any atom is 0.0967 e. The van der Waals surface area contributed by atoms with Gasteiger partial charge in [-0.2, -0.15) is 0 Å². The third-order valence-electron chi connectivity index (χ3n) is 2.96. The van der Waals surface area contributed by atoms with Crippen LogP contribution in [0, 0.1) is 0 Å². The molecule has 0 aromatic heterocycles. The van der Waals surface area contributed by atoms with Gasteiger partial charge in [-0.05, 0) is 30.5 Å². The summed E-state index contributed by atoms with van der Waals surface area (Å²) in [5.74, 6) is 0. The number of thiocarbonyl (C=S) groups is 1. The molecule has 0 spiro atoms. The first kappa shape index (κ1) is 13.7. The van der Waals surface area contributed by atoms with E-state index in [0.717, 1.165) is 18.5 Å². The second-order valence-electron chi connectivity index (χ2n) is 4.49. The SMILES string of the molecule is NC(CCc1ccccc1)C(=S)Nc1ccccc1. The zero-order valence-corrected chi connectivity index (χ0v) is 11.6. The lowest BCUT2D eigenvalue weighted by Crippen LogP contribution is -2.34. The van der Waals surface area contributed by atoms with Crippen LogP contribution >= 0.6 is 12.2 Å². The molecule has 0 amide bonds. The van der Waals surface area contributed by atoms with Crippen LogP contribution in [0.2, 0.25) is 0 Å². The van der Waals surface area contributed by atoms with Crippen LogP contribution in [0.25, 0.3) is 0 Å². The summed E-state index contributed by atoms with van der Waals surface area (Å²) in [5.41, 5.74) is 8.39. The van der Waals surface area contributed by atoms with Crippen LogP contribution in [0.3, 0.4) is 0 Å². The summed E-state index contributed by atoms with van der Waals surface area (Å²) < 4.78 is 0. The van der Waals surface area contributed by atoms with Gasteiger partial charge < -0.3 is 11.1 Å². The predicted octanol–water partition coefficient (Wildman–Crippen LogP) is 3.39. The van der Waals surface area contributed by atoms with Gasteiger partial charge >= 0.3 is 0 Å². The molecular formula is C16H18N2S. The molecule has 0 saturated carbocycles. The van der Waals surface area contributed by atoms with Crippen LogP contribution in [0.1, 0.15) is 12.0 Å². The lowest BCUT2D eigenvalue weighted by molar-refractivity contribution is 0.755. The minimum Gasteiger partial charge on any atom is -0.349 e. The number of hydrogen-bond acceptors (Lipinski definition) is 2. The van der Waals surface area contributed by atoms with Gasteiger partial charge in [0.2, 0.25) is 0 Å². The van der Waals surface area contributed by atoms with E-state index in [1.165, 1.54) is 5.56 Å². The number of benzene rings is 2. The van der Waals surface area contributed by atoms with Crippen LogP contribution in [0.5, 0.6) is 0 Å². The Morgan fingerprint density at radius 2 is 1.58 bits per heavy atom. The van der Waals surface area contributed by atoms with Crippen molar-refractivity contribution in [1.29, 1.82) is 0 Å². The van der Waals surface area contributed by atoms with Gasteiger partial charge in [0.05, 0.1) is 11.0 Å². The molecule has 2 aromatic rings. The van der Waals surface area contributed by atoms with Crippen molar-refractivity contribution in [2.45, 2.75) is 18.9 Å². The molecule has 0 radical (unpaired) electrons. The molecular weight excluding hydrogens is 252 g/mol. The normalized spacial score (nSPS) is 11.8. The molecule has 98 valence electrons. The van der Waals surface area contributed by atoms with Crippen LogP contribution < -0.4 is 11.1 Å². The van der Waals surface area contributed by atoms with E-state index in [9.17, 15) is 0 Å². The van der Waals surface area contributed by atoms with E-state index >= 15 is 0 Å². The number of rotatable bonds is 5. The first-order valence-corrected chi connectivity index (χ1v) is 6.82. The van der Waals surface area contributed by atoms with Gasteiger partial charge in [-0.1, -0.05) is 60.7 Å². The van der Waals surface area contributed by atoms with Crippen molar-refractivity contribution in [2.75, 3.05) is 5.32 Å². The predicted molar refractivity (Wildman–Crippen MR) is 85.4 cm³/mol. The second-order valence-corrected chi connectivity index (χ2v) is 4.93. The minimum atomic E-state index is -0.115. The summed E-state index contributed by atoms with van der Waals surface area (Å²) in [6.45, 7) is 0. The molecule has 1 unspecified atom stereocenters. The molecule has 0 bridgehead atoms. The molecule has 0 aliphatic rings. The van der Waals surface area contributed by atoms with Gasteiger partial charge in [0.15, 0.2) is 0 Å². The van der Waals surface area contributed by atoms with Crippen molar-refractivity contribution >= 4 is 22.9 Å². The summed E-state index contributed by atoms with van der Waals surface area (Å²) in [5, 5.41) is 3.18.